The Bertz CT molecular complexity index is 2720. The first-order valence-corrected chi connectivity index (χ1v) is 18.8. The molecule has 0 aliphatic carbocycles. The third-order valence-corrected chi connectivity index (χ3v) is 11.4. The first kappa shape index (κ1) is 31.3. The first-order valence-electron chi connectivity index (χ1n) is 17.9. The molecule has 0 amide bonds. The highest BCUT2D eigenvalue weighted by atomic mass is 32.2. The minimum Gasteiger partial charge on any atom is -0.368 e. The van der Waals surface area contributed by atoms with Crippen molar-refractivity contribution in [2.75, 3.05) is 5.32 Å². The molecule has 1 aliphatic heterocycles. The summed E-state index contributed by atoms with van der Waals surface area (Å²) < 4.78 is 0. The van der Waals surface area contributed by atoms with Crippen LogP contribution in [0.4, 0.5) is 5.69 Å². The molecule has 8 aromatic carbocycles. The smallest absolute Gasteiger partial charge is 0.160 e. The van der Waals surface area contributed by atoms with Crippen LogP contribution >= 0.6 is 11.8 Å². The molecule has 0 bridgehead atoms. The van der Waals surface area contributed by atoms with Crippen LogP contribution < -0.4 is 5.32 Å². The van der Waals surface area contributed by atoms with Crippen molar-refractivity contribution in [1.29, 1.82) is 0 Å². The van der Waals surface area contributed by atoms with Crippen LogP contribution in [0.2, 0.25) is 0 Å². The summed E-state index contributed by atoms with van der Waals surface area (Å²) in [5.74, 6) is 0.710. The first-order chi connectivity index (χ1) is 26.3. The summed E-state index contributed by atoms with van der Waals surface area (Å²) in [6, 6.07) is 66.8. The quantitative estimate of drug-likeness (QED) is 0.188. The molecule has 4 heteroatoms. The lowest BCUT2D eigenvalue weighted by molar-refractivity contribution is 1.14. The summed E-state index contributed by atoms with van der Waals surface area (Å²) in [6.07, 6.45) is 0. The Morgan fingerprint density at radius 3 is 1.81 bits per heavy atom. The number of fused-ring (bicyclic) bond motifs is 4. The number of thioether (sulfide) groups is 1. The molecule has 1 aliphatic rings. The predicted octanol–water partition coefficient (Wildman–Crippen LogP) is 13.3. The van der Waals surface area contributed by atoms with Crippen molar-refractivity contribution in [3.05, 3.63) is 194 Å². The van der Waals surface area contributed by atoms with Crippen molar-refractivity contribution in [3.8, 4) is 56.2 Å². The zero-order valence-corrected chi connectivity index (χ0v) is 29.6. The van der Waals surface area contributed by atoms with Crippen LogP contribution in [0.25, 0.3) is 77.7 Å². The fourth-order valence-electron chi connectivity index (χ4n) is 7.58. The van der Waals surface area contributed by atoms with Gasteiger partial charge in [0.25, 0.3) is 0 Å². The van der Waals surface area contributed by atoms with Gasteiger partial charge < -0.3 is 5.32 Å². The van der Waals surface area contributed by atoms with Crippen molar-refractivity contribution in [2.24, 2.45) is 0 Å². The fraction of sp³-hybridized carbons (Fsp3) is 0.0204. The van der Waals surface area contributed by atoms with E-state index in [0.29, 0.717) is 5.82 Å². The van der Waals surface area contributed by atoms with Gasteiger partial charge in [0.05, 0.1) is 17.1 Å². The van der Waals surface area contributed by atoms with E-state index in [1.807, 2.05) is 36.0 Å². The van der Waals surface area contributed by atoms with Crippen LogP contribution in [0.5, 0.6) is 0 Å². The van der Waals surface area contributed by atoms with Gasteiger partial charge in [0.1, 0.15) is 5.37 Å². The number of benzene rings is 8. The molecule has 250 valence electrons. The molecule has 0 saturated carbocycles. The Morgan fingerprint density at radius 2 is 1.04 bits per heavy atom. The van der Waals surface area contributed by atoms with E-state index in [2.05, 4.69) is 169 Å². The van der Waals surface area contributed by atoms with E-state index in [1.165, 1.54) is 54.4 Å². The van der Waals surface area contributed by atoms with Gasteiger partial charge in [-0.3, -0.25) is 0 Å². The number of nitrogens with one attached hydrogen (secondary N) is 1. The van der Waals surface area contributed by atoms with Gasteiger partial charge in [-0.05, 0) is 67.6 Å². The molecule has 1 aromatic heterocycles. The summed E-state index contributed by atoms with van der Waals surface area (Å²) in [6.45, 7) is 0. The third kappa shape index (κ3) is 5.74. The van der Waals surface area contributed by atoms with Crippen LogP contribution in [-0.2, 0) is 0 Å². The molecule has 10 rings (SSSR count). The normalized spacial score (nSPS) is 13.5. The molecule has 3 nitrogen and oxygen atoms in total. The van der Waals surface area contributed by atoms with Gasteiger partial charge in [0.15, 0.2) is 5.82 Å². The molecule has 9 aromatic rings. The summed E-state index contributed by atoms with van der Waals surface area (Å²) in [5.41, 5.74) is 12.1. The number of aromatic nitrogens is 2. The van der Waals surface area contributed by atoms with Gasteiger partial charge >= 0.3 is 0 Å². The predicted molar refractivity (Wildman–Crippen MR) is 223 cm³/mol. The second-order valence-electron chi connectivity index (χ2n) is 13.4. The molecule has 1 atom stereocenters. The third-order valence-electron chi connectivity index (χ3n) is 10.1. The average molecular weight is 696 g/mol. The second-order valence-corrected chi connectivity index (χ2v) is 14.5. The summed E-state index contributed by atoms with van der Waals surface area (Å²) >= 11 is 1.90. The minimum absolute atomic E-state index is 0.159. The number of hydrogen-bond donors (Lipinski definition) is 1. The van der Waals surface area contributed by atoms with Crippen molar-refractivity contribution >= 4 is 39.0 Å². The molecule has 53 heavy (non-hydrogen) atoms. The van der Waals surface area contributed by atoms with Crippen LogP contribution in [0, 0.1) is 0 Å². The Labute approximate surface area is 313 Å². The van der Waals surface area contributed by atoms with Crippen molar-refractivity contribution < 1.29 is 0 Å². The van der Waals surface area contributed by atoms with E-state index >= 15 is 0 Å². The number of rotatable bonds is 6. The summed E-state index contributed by atoms with van der Waals surface area (Å²) in [7, 11) is 0. The minimum atomic E-state index is 0.159. The zero-order valence-electron chi connectivity index (χ0n) is 28.8. The summed E-state index contributed by atoms with van der Waals surface area (Å²) in [4.78, 5) is 11.5. The Balaban J connectivity index is 1.16. The van der Waals surface area contributed by atoms with Gasteiger partial charge in [0.2, 0.25) is 0 Å². The number of nitrogens with zero attached hydrogens (tertiary/aromatic N) is 2. The SMILES string of the molecule is c1ccc(-c2cc(-c3cccc(-c4c(-c5cc6c(c7ccccc57)SC(c5ccccc5)N6)ccc5ccccc45)c3)nc(-c3ccccc3)n2)cc1. The Morgan fingerprint density at radius 1 is 0.434 bits per heavy atom. The highest BCUT2D eigenvalue weighted by Crippen LogP contribution is 2.53. The molecule has 2 heterocycles. The lowest BCUT2D eigenvalue weighted by Gasteiger charge is -2.18. The van der Waals surface area contributed by atoms with Crippen molar-refractivity contribution in [2.45, 2.75) is 10.3 Å². The van der Waals surface area contributed by atoms with Crippen LogP contribution in [0.3, 0.4) is 0 Å². The lowest BCUT2D eigenvalue weighted by Crippen LogP contribution is -2.00. The number of hydrogen-bond acceptors (Lipinski definition) is 4. The summed E-state index contributed by atoms with van der Waals surface area (Å²) in [5, 5.41) is 8.97. The van der Waals surface area contributed by atoms with Gasteiger partial charge in [0, 0.05) is 21.6 Å². The van der Waals surface area contributed by atoms with Crippen LogP contribution in [0.15, 0.2) is 193 Å². The van der Waals surface area contributed by atoms with Gasteiger partial charge in [-0.15, -0.1) is 0 Å². The highest BCUT2D eigenvalue weighted by Gasteiger charge is 2.27. The van der Waals surface area contributed by atoms with E-state index in [1.54, 1.807) is 0 Å². The number of anilines is 1. The lowest BCUT2D eigenvalue weighted by atomic mass is 9.87. The van der Waals surface area contributed by atoms with Crippen LogP contribution in [-0.4, -0.2) is 9.97 Å². The largest absolute Gasteiger partial charge is 0.368 e. The Hall–Kier alpha value is -6.49. The highest BCUT2D eigenvalue weighted by molar-refractivity contribution is 8.00. The van der Waals surface area contributed by atoms with E-state index < -0.39 is 0 Å². The fourth-order valence-corrected chi connectivity index (χ4v) is 8.85. The molecular weight excluding hydrogens is 663 g/mol. The van der Waals surface area contributed by atoms with E-state index in [9.17, 15) is 0 Å². The standard InChI is InChI=1S/C49H33N3S/c1-4-16-33(17-5-1)43-31-44(51-48(50-43)34-18-6-2-7-19-34)36-22-14-23-37(29-36)46-38-24-11-10-15-32(38)27-28-40(46)42-30-45-47(41-26-13-12-25-39(41)42)53-49(52-45)35-20-8-3-9-21-35/h1-31,49,52H. The van der Waals surface area contributed by atoms with Gasteiger partial charge in [-0.2, -0.15) is 0 Å². The maximum atomic E-state index is 5.17. The average Bonchev–Trinajstić information content (AvgIpc) is 3.69. The van der Waals surface area contributed by atoms with Gasteiger partial charge in [-0.1, -0.05) is 182 Å². The zero-order chi connectivity index (χ0) is 35.1. The molecule has 0 saturated heterocycles. The molecule has 0 spiro atoms. The Kier molecular flexibility index (Phi) is 7.81. The molecular formula is C49H33N3S. The van der Waals surface area contributed by atoms with Crippen molar-refractivity contribution in [1.82, 2.24) is 9.97 Å². The van der Waals surface area contributed by atoms with Crippen molar-refractivity contribution in [3.63, 3.8) is 0 Å². The maximum absolute atomic E-state index is 5.17. The molecule has 1 unspecified atom stereocenters. The van der Waals surface area contributed by atoms with E-state index in [4.69, 9.17) is 9.97 Å². The topological polar surface area (TPSA) is 37.8 Å². The molecule has 0 radical (unpaired) electrons. The second kappa shape index (κ2) is 13.2. The monoisotopic (exact) mass is 695 g/mol. The molecule has 1 N–H and O–H groups in total. The van der Waals surface area contributed by atoms with E-state index in [-0.39, 0.29) is 5.37 Å². The maximum Gasteiger partial charge on any atom is 0.160 e. The van der Waals surface area contributed by atoms with E-state index in [0.717, 1.165) is 33.6 Å². The molecule has 0 fully saturated rings. The van der Waals surface area contributed by atoms with Gasteiger partial charge in [-0.25, -0.2) is 9.97 Å². The van der Waals surface area contributed by atoms with Crippen LogP contribution in [0.1, 0.15) is 10.9 Å².